The lowest BCUT2D eigenvalue weighted by Gasteiger charge is -2.25. The molecule has 12 nitrogen and oxygen atoms in total. The number of rotatable bonds is 14. The highest BCUT2D eigenvalue weighted by molar-refractivity contribution is 5.88. The molecule has 0 fully saturated rings. The molecule has 218 valence electrons. The second kappa shape index (κ2) is 13.1. The summed E-state index contributed by atoms with van der Waals surface area (Å²) in [5.74, 6) is 0.614. The minimum Gasteiger partial charge on any atom is -0.480 e. The van der Waals surface area contributed by atoms with E-state index in [2.05, 4.69) is 60.8 Å². The van der Waals surface area contributed by atoms with Crippen LogP contribution in [0.15, 0.2) is 30.7 Å². The fourth-order valence-corrected chi connectivity index (χ4v) is 5.43. The van der Waals surface area contributed by atoms with Gasteiger partial charge in [-0.1, -0.05) is 6.07 Å². The third kappa shape index (κ3) is 7.18. The maximum Gasteiger partial charge on any atom is 0.326 e. The number of nitrogens with one attached hydrogen (secondary N) is 2. The number of anilines is 2. The van der Waals surface area contributed by atoms with Gasteiger partial charge >= 0.3 is 5.97 Å². The Morgan fingerprint density at radius 3 is 2.88 bits per heavy atom. The van der Waals surface area contributed by atoms with Crippen LogP contribution in [0.2, 0.25) is 0 Å². The Labute approximate surface area is 240 Å². The third-order valence-electron chi connectivity index (χ3n) is 7.71. The first-order valence-corrected chi connectivity index (χ1v) is 14.5. The van der Waals surface area contributed by atoms with Crippen molar-refractivity contribution in [1.29, 1.82) is 0 Å². The Morgan fingerprint density at radius 2 is 2.07 bits per heavy atom. The first-order valence-electron chi connectivity index (χ1n) is 14.5. The van der Waals surface area contributed by atoms with Gasteiger partial charge in [-0.2, -0.15) is 10.2 Å². The molecule has 41 heavy (non-hydrogen) atoms. The topological polar surface area (TPSA) is 139 Å². The quantitative estimate of drug-likeness (QED) is 0.197. The maximum atomic E-state index is 12.2. The van der Waals surface area contributed by atoms with Crippen molar-refractivity contribution >= 4 is 28.6 Å². The van der Waals surface area contributed by atoms with Gasteiger partial charge in [0, 0.05) is 38.1 Å². The number of hydrogen-bond acceptors (Lipinski definition) is 9. The van der Waals surface area contributed by atoms with E-state index < -0.39 is 12.0 Å². The molecule has 0 amide bonds. The van der Waals surface area contributed by atoms with Crippen LogP contribution in [0.5, 0.6) is 0 Å². The zero-order valence-electron chi connectivity index (χ0n) is 24.2. The van der Waals surface area contributed by atoms with E-state index in [0.29, 0.717) is 29.8 Å². The van der Waals surface area contributed by atoms with Gasteiger partial charge in [0.1, 0.15) is 24.0 Å². The van der Waals surface area contributed by atoms with Crippen molar-refractivity contribution < 1.29 is 9.90 Å². The van der Waals surface area contributed by atoms with E-state index in [0.717, 1.165) is 81.2 Å². The third-order valence-corrected chi connectivity index (χ3v) is 7.71. The predicted molar refractivity (Wildman–Crippen MR) is 158 cm³/mol. The fourth-order valence-electron chi connectivity index (χ4n) is 5.43. The number of aryl methyl sites for hydroxylation is 5. The highest BCUT2D eigenvalue weighted by Gasteiger charge is 2.21. The number of aliphatic carboxylic acids is 1. The largest absolute Gasteiger partial charge is 0.480 e. The molecule has 0 spiro atoms. The summed E-state index contributed by atoms with van der Waals surface area (Å²) in [4.78, 5) is 28.0. The second-order valence-electron chi connectivity index (χ2n) is 10.8. The molecular formula is C29H40N10O2. The molecule has 3 N–H and O–H groups in total. The van der Waals surface area contributed by atoms with Crippen LogP contribution in [0.25, 0.3) is 11.0 Å². The average Bonchev–Trinajstić information content (AvgIpc) is 3.51. The summed E-state index contributed by atoms with van der Waals surface area (Å²) in [6, 6.07) is 5.65. The van der Waals surface area contributed by atoms with Crippen molar-refractivity contribution in [3.05, 3.63) is 53.4 Å². The lowest BCUT2D eigenvalue weighted by Crippen LogP contribution is -2.37. The summed E-state index contributed by atoms with van der Waals surface area (Å²) in [7, 11) is 1.80. The van der Waals surface area contributed by atoms with Crippen LogP contribution < -0.4 is 10.6 Å². The summed E-state index contributed by atoms with van der Waals surface area (Å²) in [6.07, 6.45) is 8.71. The number of hydrogen-bond donors (Lipinski definition) is 3. The van der Waals surface area contributed by atoms with Gasteiger partial charge in [0.05, 0.1) is 23.8 Å². The highest BCUT2D eigenvalue weighted by Crippen LogP contribution is 2.21. The Kier molecular flexibility index (Phi) is 9.07. The molecule has 0 saturated heterocycles. The van der Waals surface area contributed by atoms with E-state index >= 15 is 0 Å². The predicted octanol–water partition coefficient (Wildman–Crippen LogP) is 3.21. The Balaban J connectivity index is 1.20. The number of unbranched alkanes of at least 4 members (excludes halogenated alkanes) is 1. The molecule has 5 heterocycles. The molecule has 0 saturated carbocycles. The zero-order valence-corrected chi connectivity index (χ0v) is 24.2. The minimum atomic E-state index is -0.911. The van der Waals surface area contributed by atoms with Gasteiger partial charge in [-0.05, 0) is 76.6 Å². The molecule has 0 aliphatic carbocycles. The molecule has 4 aromatic heterocycles. The number of carboxylic acids is 1. The van der Waals surface area contributed by atoms with Crippen molar-refractivity contribution in [1.82, 2.24) is 39.4 Å². The van der Waals surface area contributed by atoms with Crippen LogP contribution in [0.1, 0.15) is 48.3 Å². The molecule has 0 unspecified atom stereocenters. The number of nitrogens with zero attached hydrogens (tertiary/aromatic N) is 8. The smallest absolute Gasteiger partial charge is 0.326 e. The molecule has 4 aromatic rings. The van der Waals surface area contributed by atoms with Gasteiger partial charge in [-0.15, -0.1) is 0 Å². The van der Waals surface area contributed by atoms with Crippen molar-refractivity contribution in [2.75, 3.05) is 36.8 Å². The van der Waals surface area contributed by atoms with Crippen LogP contribution >= 0.6 is 0 Å². The van der Waals surface area contributed by atoms with Gasteiger partial charge in [0.2, 0.25) is 0 Å². The van der Waals surface area contributed by atoms with Crippen molar-refractivity contribution in [3.63, 3.8) is 0 Å². The molecule has 1 atom stereocenters. The van der Waals surface area contributed by atoms with Gasteiger partial charge in [-0.3, -0.25) is 9.36 Å². The van der Waals surface area contributed by atoms with E-state index in [1.807, 2.05) is 11.6 Å². The molecule has 0 radical (unpaired) electrons. The normalized spacial score (nSPS) is 13.8. The van der Waals surface area contributed by atoms with Crippen molar-refractivity contribution in [3.8, 4) is 0 Å². The maximum absolute atomic E-state index is 12.2. The van der Waals surface area contributed by atoms with Crippen LogP contribution in [-0.2, 0) is 31.2 Å². The lowest BCUT2D eigenvalue weighted by molar-refractivity contribution is -0.138. The van der Waals surface area contributed by atoms with E-state index in [9.17, 15) is 9.90 Å². The molecular weight excluding hydrogens is 520 g/mol. The van der Waals surface area contributed by atoms with Gasteiger partial charge in [0.25, 0.3) is 0 Å². The molecule has 1 aliphatic heterocycles. The summed E-state index contributed by atoms with van der Waals surface area (Å²) < 4.78 is 3.67. The lowest BCUT2D eigenvalue weighted by atomic mass is 10.1. The number of fused-ring (bicyclic) bond motifs is 2. The molecule has 12 heteroatoms. The van der Waals surface area contributed by atoms with Crippen molar-refractivity contribution in [2.24, 2.45) is 7.05 Å². The van der Waals surface area contributed by atoms with Crippen LogP contribution in [0.4, 0.5) is 11.6 Å². The van der Waals surface area contributed by atoms with Gasteiger partial charge in [-0.25, -0.2) is 19.7 Å². The van der Waals surface area contributed by atoms with E-state index in [-0.39, 0.29) is 0 Å². The highest BCUT2D eigenvalue weighted by atomic mass is 16.4. The Bertz CT molecular complexity index is 1480. The second-order valence-corrected chi connectivity index (χ2v) is 10.8. The molecule has 1 aliphatic rings. The van der Waals surface area contributed by atoms with Crippen molar-refractivity contribution in [2.45, 2.75) is 65.0 Å². The summed E-state index contributed by atoms with van der Waals surface area (Å²) in [5.41, 5.74) is 5.21. The zero-order chi connectivity index (χ0) is 28.8. The van der Waals surface area contributed by atoms with E-state index in [1.54, 1.807) is 17.9 Å². The number of aromatic nitrogens is 7. The van der Waals surface area contributed by atoms with Gasteiger partial charge in [0.15, 0.2) is 5.65 Å². The van der Waals surface area contributed by atoms with Crippen LogP contribution in [0.3, 0.4) is 0 Å². The molecule has 5 rings (SSSR count). The minimum absolute atomic E-state index is 0.427. The summed E-state index contributed by atoms with van der Waals surface area (Å²) in [5, 5.41) is 26.1. The SMILES string of the molecule is Cc1cc(C)n(CCN(CCCCc2ccc3c(n2)NCCC3)CC[C@H](Nc2ncnc3c2cnn3C)C(=O)O)n1. The van der Waals surface area contributed by atoms with E-state index in [4.69, 9.17) is 4.98 Å². The average molecular weight is 561 g/mol. The van der Waals surface area contributed by atoms with Crippen LogP contribution in [0, 0.1) is 13.8 Å². The standard InChI is InChI=1S/C29H40N10O2/c1-20-17-21(2)39(36-20)16-15-38(13-5-4-8-23-10-9-22-7-6-12-30-26(22)34-23)14-11-25(29(40)41)35-27-24-18-33-37(3)28(24)32-19-31-27/h9-10,17-19,25H,4-8,11-16H2,1-3H3,(H,30,34)(H,40,41)(H,31,32,35)/t25-/m0/s1. The molecule has 0 aromatic carbocycles. The molecule has 0 bridgehead atoms. The summed E-state index contributed by atoms with van der Waals surface area (Å²) >= 11 is 0. The fraction of sp³-hybridized carbons (Fsp3) is 0.517. The number of carboxylic acid groups (broad SMARTS) is 1. The number of pyridine rings is 1. The van der Waals surface area contributed by atoms with Crippen LogP contribution in [-0.4, -0.2) is 82.7 Å². The first-order chi connectivity index (χ1) is 19.9. The van der Waals surface area contributed by atoms with Gasteiger partial charge < -0.3 is 20.6 Å². The first kappa shape index (κ1) is 28.5. The Morgan fingerprint density at radius 1 is 1.20 bits per heavy atom. The number of carbonyl (C=O) groups is 1. The monoisotopic (exact) mass is 560 g/mol. The van der Waals surface area contributed by atoms with E-state index in [1.165, 1.54) is 11.9 Å². The Hall–Kier alpha value is -4.06. The summed E-state index contributed by atoms with van der Waals surface area (Å²) in [6.45, 7) is 8.10.